The molecule has 0 aromatic carbocycles. The van der Waals surface area contributed by atoms with E-state index in [-0.39, 0.29) is 0 Å². The third kappa shape index (κ3) is 3.49. The first-order valence-electron chi connectivity index (χ1n) is 4.38. The van der Waals surface area contributed by atoms with Crippen molar-refractivity contribution >= 4 is 0 Å². The normalized spacial score (nSPS) is 20.2. The summed E-state index contributed by atoms with van der Waals surface area (Å²) in [7, 11) is 3.64. The molecule has 0 atom stereocenters. The Labute approximate surface area is 74.0 Å². The Bertz CT molecular complexity index is 116. The van der Waals surface area contributed by atoms with Gasteiger partial charge >= 0.3 is 0 Å². The Morgan fingerprint density at radius 3 is 2.67 bits per heavy atom. The van der Waals surface area contributed by atoms with E-state index in [1.807, 2.05) is 12.1 Å². The van der Waals surface area contributed by atoms with E-state index in [0.29, 0.717) is 0 Å². The average molecular weight is 174 g/mol. The molecule has 1 aliphatic rings. The first-order valence-corrected chi connectivity index (χ1v) is 4.38. The van der Waals surface area contributed by atoms with Crippen LogP contribution in [0.5, 0.6) is 0 Å². The van der Waals surface area contributed by atoms with Gasteiger partial charge in [-0.1, -0.05) is 0 Å². The summed E-state index contributed by atoms with van der Waals surface area (Å²) in [6.45, 7) is 5.87. The van der Waals surface area contributed by atoms with Crippen molar-refractivity contribution in [2.45, 2.75) is 0 Å². The summed E-state index contributed by atoms with van der Waals surface area (Å²) in [6.07, 6.45) is 0. The standard InChI is InChI=1S/C8H18N2O2/c1-9(11-2)3-4-10-5-7-12-8-6-10/h3-8H2,1-2H3. The maximum atomic E-state index is 5.25. The van der Waals surface area contributed by atoms with Crippen LogP contribution in [0.4, 0.5) is 0 Å². The van der Waals surface area contributed by atoms with Crippen LogP contribution < -0.4 is 0 Å². The fraction of sp³-hybridized carbons (Fsp3) is 1.00. The second-order valence-corrected chi connectivity index (χ2v) is 2.99. The van der Waals surface area contributed by atoms with Crippen LogP contribution in [0.25, 0.3) is 0 Å². The molecule has 0 aliphatic carbocycles. The quantitative estimate of drug-likeness (QED) is 0.552. The number of hydrogen-bond acceptors (Lipinski definition) is 4. The third-order valence-corrected chi connectivity index (χ3v) is 2.15. The molecule has 0 unspecified atom stereocenters. The van der Waals surface area contributed by atoms with Crippen molar-refractivity contribution in [3.05, 3.63) is 0 Å². The summed E-state index contributed by atoms with van der Waals surface area (Å²) in [4.78, 5) is 7.40. The summed E-state index contributed by atoms with van der Waals surface area (Å²) in [5.41, 5.74) is 0. The van der Waals surface area contributed by atoms with E-state index in [4.69, 9.17) is 9.57 Å². The largest absolute Gasteiger partial charge is 0.379 e. The number of hydrogen-bond donors (Lipinski definition) is 0. The van der Waals surface area contributed by atoms with Crippen LogP contribution in [0.1, 0.15) is 0 Å². The van der Waals surface area contributed by atoms with Crippen molar-refractivity contribution < 1.29 is 9.57 Å². The molecular weight excluding hydrogens is 156 g/mol. The van der Waals surface area contributed by atoms with Crippen molar-refractivity contribution in [2.75, 3.05) is 53.6 Å². The molecule has 0 amide bonds. The second-order valence-electron chi connectivity index (χ2n) is 2.99. The van der Waals surface area contributed by atoms with Gasteiger partial charge in [-0.2, -0.15) is 5.06 Å². The molecule has 0 bridgehead atoms. The fourth-order valence-corrected chi connectivity index (χ4v) is 1.20. The zero-order valence-corrected chi connectivity index (χ0v) is 7.95. The predicted octanol–water partition coefficient (Wildman–Crippen LogP) is -0.188. The summed E-state index contributed by atoms with van der Waals surface area (Å²) < 4.78 is 5.25. The van der Waals surface area contributed by atoms with E-state index in [0.717, 1.165) is 39.4 Å². The zero-order chi connectivity index (χ0) is 8.81. The van der Waals surface area contributed by atoms with Crippen molar-refractivity contribution in [3.8, 4) is 0 Å². The number of morpholine rings is 1. The van der Waals surface area contributed by atoms with E-state index in [2.05, 4.69) is 4.90 Å². The lowest BCUT2D eigenvalue weighted by atomic mass is 10.4. The third-order valence-electron chi connectivity index (χ3n) is 2.15. The Morgan fingerprint density at radius 1 is 1.42 bits per heavy atom. The molecule has 1 rings (SSSR count). The topological polar surface area (TPSA) is 24.9 Å². The lowest BCUT2D eigenvalue weighted by molar-refractivity contribution is -0.114. The lowest BCUT2D eigenvalue weighted by Gasteiger charge is -2.27. The van der Waals surface area contributed by atoms with Gasteiger partial charge in [0, 0.05) is 33.2 Å². The minimum atomic E-state index is 0.872. The molecule has 0 N–H and O–H groups in total. The van der Waals surface area contributed by atoms with E-state index in [1.54, 1.807) is 7.11 Å². The van der Waals surface area contributed by atoms with Gasteiger partial charge in [0.1, 0.15) is 0 Å². The van der Waals surface area contributed by atoms with Gasteiger partial charge in [0.2, 0.25) is 0 Å². The number of rotatable bonds is 4. The second kappa shape index (κ2) is 5.48. The van der Waals surface area contributed by atoms with Crippen LogP contribution in [-0.2, 0) is 9.57 Å². The van der Waals surface area contributed by atoms with Crippen molar-refractivity contribution in [2.24, 2.45) is 0 Å². The maximum Gasteiger partial charge on any atom is 0.0594 e. The minimum absolute atomic E-state index is 0.872. The van der Waals surface area contributed by atoms with Gasteiger partial charge in [-0.25, -0.2) is 0 Å². The van der Waals surface area contributed by atoms with Gasteiger partial charge in [0.15, 0.2) is 0 Å². The Morgan fingerprint density at radius 2 is 2.08 bits per heavy atom. The molecule has 0 saturated carbocycles. The maximum absolute atomic E-state index is 5.25. The molecule has 1 saturated heterocycles. The Kier molecular flexibility index (Phi) is 4.53. The molecule has 1 fully saturated rings. The average Bonchev–Trinajstić information content (AvgIpc) is 2.16. The molecule has 72 valence electrons. The van der Waals surface area contributed by atoms with Crippen LogP contribution in [-0.4, -0.2) is 63.5 Å². The van der Waals surface area contributed by atoms with Gasteiger partial charge in [-0.3, -0.25) is 4.90 Å². The monoisotopic (exact) mass is 174 g/mol. The number of ether oxygens (including phenoxy) is 1. The molecule has 1 heterocycles. The molecule has 1 aliphatic heterocycles. The number of hydroxylamine groups is 2. The highest BCUT2D eigenvalue weighted by atomic mass is 16.7. The molecule has 0 radical (unpaired) electrons. The molecule has 4 heteroatoms. The minimum Gasteiger partial charge on any atom is -0.379 e. The first-order chi connectivity index (χ1) is 5.83. The first kappa shape index (κ1) is 9.92. The summed E-state index contributed by atoms with van der Waals surface area (Å²) >= 11 is 0. The highest BCUT2D eigenvalue weighted by Gasteiger charge is 2.09. The summed E-state index contributed by atoms with van der Waals surface area (Å²) in [5.74, 6) is 0. The highest BCUT2D eigenvalue weighted by Crippen LogP contribution is 1.96. The van der Waals surface area contributed by atoms with Crippen LogP contribution >= 0.6 is 0 Å². The highest BCUT2D eigenvalue weighted by molar-refractivity contribution is 4.61. The van der Waals surface area contributed by atoms with Gasteiger partial charge in [-0.15, -0.1) is 0 Å². The van der Waals surface area contributed by atoms with Crippen LogP contribution in [0.15, 0.2) is 0 Å². The Hall–Kier alpha value is -0.160. The van der Waals surface area contributed by atoms with Gasteiger partial charge in [0.05, 0.1) is 20.3 Å². The Balaban J connectivity index is 2.05. The molecular formula is C8H18N2O2. The fourth-order valence-electron chi connectivity index (χ4n) is 1.20. The molecule has 0 spiro atoms. The summed E-state index contributed by atoms with van der Waals surface area (Å²) in [5, 5.41) is 1.84. The van der Waals surface area contributed by atoms with E-state index < -0.39 is 0 Å². The van der Waals surface area contributed by atoms with Gasteiger partial charge in [0.25, 0.3) is 0 Å². The zero-order valence-electron chi connectivity index (χ0n) is 7.95. The number of nitrogens with zero attached hydrogens (tertiary/aromatic N) is 2. The SMILES string of the molecule is CON(C)CCN1CCOCC1. The van der Waals surface area contributed by atoms with Crippen molar-refractivity contribution in [1.82, 2.24) is 9.96 Å². The van der Waals surface area contributed by atoms with E-state index in [9.17, 15) is 0 Å². The molecule has 12 heavy (non-hydrogen) atoms. The van der Waals surface area contributed by atoms with E-state index in [1.165, 1.54) is 0 Å². The van der Waals surface area contributed by atoms with Crippen molar-refractivity contribution in [3.63, 3.8) is 0 Å². The molecule has 0 aromatic heterocycles. The van der Waals surface area contributed by atoms with Crippen LogP contribution in [0.2, 0.25) is 0 Å². The number of likely N-dealkylation sites (N-methyl/N-ethyl adjacent to an activating group) is 1. The van der Waals surface area contributed by atoms with E-state index >= 15 is 0 Å². The smallest absolute Gasteiger partial charge is 0.0594 e. The summed E-state index contributed by atoms with van der Waals surface area (Å²) in [6, 6.07) is 0. The molecule has 0 aromatic rings. The predicted molar refractivity (Wildman–Crippen MR) is 46.9 cm³/mol. The van der Waals surface area contributed by atoms with Crippen molar-refractivity contribution in [1.29, 1.82) is 0 Å². The van der Waals surface area contributed by atoms with Gasteiger partial charge < -0.3 is 9.57 Å². The van der Waals surface area contributed by atoms with Gasteiger partial charge in [-0.05, 0) is 0 Å². The lowest BCUT2D eigenvalue weighted by Crippen LogP contribution is -2.40. The molecule has 4 nitrogen and oxygen atoms in total. The van der Waals surface area contributed by atoms with Crippen LogP contribution in [0, 0.1) is 0 Å². The van der Waals surface area contributed by atoms with Crippen LogP contribution in [0.3, 0.4) is 0 Å².